The van der Waals surface area contributed by atoms with Crippen molar-refractivity contribution in [3.05, 3.63) is 28.8 Å². The van der Waals surface area contributed by atoms with Crippen molar-refractivity contribution in [3.63, 3.8) is 0 Å². The molecule has 0 spiro atoms. The number of hydrogen-bond acceptors (Lipinski definition) is 11. The number of methoxy groups -OCH3 is 3. The molecule has 6 atom stereocenters. The number of fused-ring (bicyclic) bond motifs is 2. The van der Waals surface area contributed by atoms with Crippen LogP contribution in [-0.2, 0) is 18.9 Å². The van der Waals surface area contributed by atoms with Crippen LogP contribution < -0.4 is 14.2 Å². The van der Waals surface area contributed by atoms with E-state index in [2.05, 4.69) is 0 Å². The predicted molar refractivity (Wildman–Crippen MR) is 165 cm³/mol. The first-order chi connectivity index (χ1) is 20.9. The molecule has 2 aliphatic heterocycles. The van der Waals surface area contributed by atoms with Crippen LogP contribution in [0.4, 0.5) is 9.59 Å². The summed E-state index contributed by atoms with van der Waals surface area (Å²) in [5.74, 6) is 1.15. The van der Waals surface area contributed by atoms with Crippen LogP contribution in [0.2, 0.25) is 0 Å². The number of carbonyl (C=O) groups excluding carboxylic acids is 2. The Kier molecular flexibility index (Phi) is 9.73. The van der Waals surface area contributed by atoms with Crippen LogP contribution in [0, 0.1) is 0 Å². The van der Waals surface area contributed by atoms with E-state index in [-0.39, 0.29) is 0 Å². The fourth-order valence-corrected chi connectivity index (χ4v) is 6.33. The molecule has 1 amide bonds. The highest BCUT2D eigenvalue weighted by molar-refractivity contribution is 6.03. The summed E-state index contributed by atoms with van der Waals surface area (Å²) in [7, 11) is 4.52. The molecule has 2 heterocycles. The lowest BCUT2D eigenvalue weighted by Gasteiger charge is -2.37. The van der Waals surface area contributed by atoms with E-state index >= 15 is 0 Å². The third-order valence-electron chi connectivity index (χ3n) is 7.98. The van der Waals surface area contributed by atoms with Crippen molar-refractivity contribution in [1.29, 1.82) is 0 Å². The second-order valence-electron chi connectivity index (χ2n) is 13.5. The second kappa shape index (κ2) is 12.7. The lowest BCUT2D eigenvalue weighted by atomic mass is 9.86. The molecule has 1 fully saturated rings. The summed E-state index contributed by atoms with van der Waals surface area (Å²) in [6.45, 7) is 14.1. The minimum absolute atomic E-state index is 0.294. The first-order valence-corrected chi connectivity index (χ1v) is 15.1. The molecule has 2 N–H and O–H groups in total. The third kappa shape index (κ3) is 6.73. The van der Waals surface area contributed by atoms with Crippen LogP contribution in [0.3, 0.4) is 0 Å². The molecule has 1 saturated heterocycles. The van der Waals surface area contributed by atoms with E-state index in [4.69, 9.17) is 33.2 Å². The van der Waals surface area contributed by atoms with E-state index in [1.165, 1.54) is 21.3 Å². The van der Waals surface area contributed by atoms with Crippen molar-refractivity contribution in [1.82, 2.24) is 4.90 Å². The molecule has 4 rings (SSSR count). The molecule has 250 valence electrons. The molecule has 0 radical (unpaired) electrons. The van der Waals surface area contributed by atoms with Gasteiger partial charge in [0.2, 0.25) is 0 Å². The smallest absolute Gasteiger partial charge is 0.496 e. The van der Waals surface area contributed by atoms with Gasteiger partial charge in [-0.1, -0.05) is 6.07 Å². The number of carbonyl (C=O) groups is 2. The summed E-state index contributed by atoms with van der Waals surface area (Å²) in [4.78, 5) is 28.2. The predicted octanol–water partition coefficient (Wildman–Crippen LogP) is 6.09. The summed E-state index contributed by atoms with van der Waals surface area (Å²) in [6.07, 6.45) is -4.78. The number of nitrogens with zero attached hydrogens (tertiary/aromatic N) is 1. The molecule has 0 bridgehead atoms. The molecule has 12 nitrogen and oxygen atoms in total. The molecule has 2 unspecified atom stereocenters. The summed E-state index contributed by atoms with van der Waals surface area (Å²) in [5.41, 5.74) is -0.0487. The van der Waals surface area contributed by atoms with Crippen LogP contribution in [0.5, 0.6) is 17.2 Å². The fourth-order valence-electron chi connectivity index (χ4n) is 6.33. The highest BCUT2D eigenvalue weighted by Crippen LogP contribution is 2.55. The number of amides is 1. The molecule has 2 aromatic carbocycles. The Hall–Kier alpha value is -3.48. The largest absolute Gasteiger partial charge is 0.509 e. The van der Waals surface area contributed by atoms with Crippen LogP contribution in [0.15, 0.2) is 12.1 Å². The molecule has 0 aromatic heterocycles. The van der Waals surface area contributed by atoms with Crippen molar-refractivity contribution < 1.29 is 53.0 Å². The Morgan fingerprint density at radius 2 is 1.49 bits per heavy atom. The van der Waals surface area contributed by atoms with Gasteiger partial charge in [0.25, 0.3) is 0 Å². The minimum atomic E-state index is -1.50. The van der Waals surface area contributed by atoms with Gasteiger partial charge in [0.1, 0.15) is 40.7 Å². The molecule has 2 aromatic rings. The van der Waals surface area contributed by atoms with Crippen molar-refractivity contribution in [2.75, 3.05) is 21.3 Å². The summed E-state index contributed by atoms with van der Waals surface area (Å²) >= 11 is 0. The first kappa shape index (κ1) is 34.4. The molecular formula is C33H47NO11. The Labute approximate surface area is 264 Å². The molecule has 0 saturated carbocycles. The number of hydrogen-bond donors (Lipinski definition) is 2. The Balaban J connectivity index is 1.95. The molecule has 45 heavy (non-hydrogen) atoms. The quantitative estimate of drug-likeness (QED) is 0.357. The van der Waals surface area contributed by atoms with Gasteiger partial charge < -0.3 is 43.4 Å². The van der Waals surface area contributed by atoms with Crippen LogP contribution in [0.1, 0.15) is 103 Å². The zero-order valence-corrected chi connectivity index (χ0v) is 28.0. The number of aliphatic hydroxyl groups is 2. The zero-order valence-electron chi connectivity index (χ0n) is 28.0. The van der Waals surface area contributed by atoms with Gasteiger partial charge in [0.05, 0.1) is 44.9 Å². The van der Waals surface area contributed by atoms with Gasteiger partial charge in [0, 0.05) is 16.5 Å². The SMILES string of the molecule is COc1ccc(C2CC[C@@H]([C@@H](C)OC(=O)OC(C)(C)C)N2C(=O)OC(C)(C)C)c2c(OC)c3c(c(OC)c12)[C@H](C)OC(O)[C@H]3O. The van der Waals surface area contributed by atoms with Gasteiger partial charge in [-0.2, -0.15) is 0 Å². The highest BCUT2D eigenvalue weighted by Gasteiger charge is 2.46. The van der Waals surface area contributed by atoms with Crippen molar-refractivity contribution in [2.45, 2.75) is 116 Å². The summed E-state index contributed by atoms with van der Waals surface area (Å²) in [6, 6.07) is 2.50. The first-order valence-electron chi connectivity index (χ1n) is 15.1. The normalized spacial score (nSPS) is 24.1. The van der Waals surface area contributed by atoms with Gasteiger partial charge in [-0.3, -0.25) is 4.90 Å². The van der Waals surface area contributed by atoms with E-state index in [0.29, 0.717) is 57.6 Å². The number of aliphatic hydroxyl groups excluding tert-OH is 2. The number of ether oxygens (including phenoxy) is 7. The van der Waals surface area contributed by atoms with Gasteiger partial charge in [0.15, 0.2) is 6.29 Å². The maximum Gasteiger partial charge on any atom is 0.509 e. The van der Waals surface area contributed by atoms with E-state index < -0.39 is 60.1 Å². The summed E-state index contributed by atoms with van der Waals surface area (Å²) < 4.78 is 40.3. The van der Waals surface area contributed by atoms with Crippen LogP contribution >= 0.6 is 0 Å². The Morgan fingerprint density at radius 3 is 2.04 bits per heavy atom. The number of rotatable bonds is 6. The Morgan fingerprint density at radius 1 is 0.889 bits per heavy atom. The molecule has 2 aliphatic rings. The van der Waals surface area contributed by atoms with E-state index in [9.17, 15) is 19.8 Å². The summed E-state index contributed by atoms with van der Waals surface area (Å²) in [5, 5.41) is 22.8. The lowest BCUT2D eigenvalue weighted by Crippen LogP contribution is -2.46. The van der Waals surface area contributed by atoms with Gasteiger partial charge in [-0.15, -0.1) is 0 Å². The van der Waals surface area contributed by atoms with E-state index in [0.717, 1.165) is 0 Å². The number of benzene rings is 2. The molecular weight excluding hydrogens is 586 g/mol. The maximum absolute atomic E-state index is 13.9. The van der Waals surface area contributed by atoms with E-state index in [1.54, 1.807) is 66.4 Å². The zero-order chi connectivity index (χ0) is 33.6. The highest BCUT2D eigenvalue weighted by atomic mass is 16.7. The molecule has 12 heteroatoms. The number of likely N-dealkylation sites (tertiary alicyclic amines) is 1. The average Bonchev–Trinajstić information content (AvgIpc) is 3.37. The van der Waals surface area contributed by atoms with E-state index in [1.807, 2.05) is 6.07 Å². The fraction of sp³-hybridized carbons (Fsp3) is 0.636. The molecule has 0 aliphatic carbocycles. The van der Waals surface area contributed by atoms with Gasteiger partial charge in [-0.05, 0) is 79.9 Å². The monoisotopic (exact) mass is 633 g/mol. The minimum Gasteiger partial charge on any atom is -0.496 e. The third-order valence-corrected chi connectivity index (χ3v) is 7.98. The second-order valence-corrected chi connectivity index (χ2v) is 13.5. The van der Waals surface area contributed by atoms with Crippen molar-refractivity contribution >= 4 is 23.0 Å². The Bertz CT molecular complexity index is 1430. The van der Waals surface area contributed by atoms with Crippen LogP contribution in [0.25, 0.3) is 10.8 Å². The average molecular weight is 634 g/mol. The standard InChI is InChI=1S/C33H47NO11/c1-16(43-31(38)45-33(6,7)8)19-13-14-20(34(19)30(37)44-32(3,4)5)18-12-15-21(39-9)24-23(18)28(41-11)25-22(27(24)40-10)17(2)42-29(36)26(25)35/h12,15-17,19-20,26,29,35-36H,13-14H2,1-11H3/t16-,17+,19+,20?,26+,29?/m1/s1. The topological polar surface area (TPSA) is 142 Å². The lowest BCUT2D eigenvalue weighted by molar-refractivity contribution is -0.200. The van der Waals surface area contributed by atoms with Crippen molar-refractivity contribution in [3.8, 4) is 17.2 Å². The maximum atomic E-state index is 13.9. The van der Waals surface area contributed by atoms with Crippen LogP contribution in [-0.4, -0.2) is 78.3 Å². The van der Waals surface area contributed by atoms with Gasteiger partial charge in [-0.25, -0.2) is 9.59 Å². The van der Waals surface area contributed by atoms with Crippen molar-refractivity contribution in [2.24, 2.45) is 0 Å². The van der Waals surface area contributed by atoms with Gasteiger partial charge >= 0.3 is 12.2 Å².